The standard InChI is InChI=1S/C11H15NO4S/c1-17(13,14)11-6-8(2-3-9(11)12)10-7-15-4-5-16-10/h2-3,6,10H,4-5,7,12H2,1H3. The summed E-state index contributed by atoms with van der Waals surface area (Å²) >= 11 is 0. The molecule has 0 spiro atoms. The number of anilines is 1. The maximum absolute atomic E-state index is 11.5. The summed E-state index contributed by atoms with van der Waals surface area (Å²) in [7, 11) is -3.32. The van der Waals surface area contributed by atoms with Crippen LogP contribution in [-0.4, -0.2) is 34.5 Å². The number of hydrogen-bond acceptors (Lipinski definition) is 5. The van der Waals surface area contributed by atoms with Crippen LogP contribution in [0.2, 0.25) is 0 Å². The van der Waals surface area contributed by atoms with Crippen LogP contribution < -0.4 is 5.73 Å². The predicted octanol–water partition coefficient (Wildman–Crippen LogP) is 0.760. The highest BCUT2D eigenvalue weighted by molar-refractivity contribution is 7.90. The average molecular weight is 257 g/mol. The van der Waals surface area contributed by atoms with Gasteiger partial charge in [-0.1, -0.05) is 6.07 Å². The molecule has 1 saturated heterocycles. The van der Waals surface area contributed by atoms with E-state index in [9.17, 15) is 8.42 Å². The molecule has 2 rings (SSSR count). The summed E-state index contributed by atoms with van der Waals surface area (Å²) < 4.78 is 33.9. The molecule has 1 aliphatic rings. The van der Waals surface area contributed by atoms with Gasteiger partial charge in [-0.05, 0) is 17.7 Å². The highest BCUT2D eigenvalue weighted by Gasteiger charge is 2.20. The van der Waals surface area contributed by atoms with Gasteiger partial charge >= 0.3 is 0 Å². The lowest BCUT2D eigenvalue weighted by Crippen LogP contribution is -2.22. The van der Waals surface area contributed by atoms with Crippen molar-refractivity contribution in [3.8, 4) is 0 Å². The molecule has 1 aromatic carbocycles. The van der Waals surface area contributed by atoms with Gasteiger partial charge in [0, 0.05) is 6.26 Å². The first-order valence-electron chi connectivity index (χ1n) is 5.27. The number of hydrogen-bond donors (Lipinski definition) is 1. The summed E-state index contributed by atoms with van der Waals surface area (Å²) in [5, 5.41) is 0. The van der Waals surface area contributed by atoms with E-state index in [4.69, 9.17) is 15.2 Å². The van der Waals surface area contributed by atoms with E-state index in [0.29, 0.717) is 19.8 Å². The van der Waals surface area contributed by atoms with Crippen LogP contribution >= 0.6 is 0 Å². The minimum Gasteiger partial charge on any atom is -0.398 e. The third kappa shape index (κ3) is 2.77. The van der Waals surface area contributed by atoms with Gasteiger partial charge < -0.3 is 15.2 Å². The molecule has 0 aromatic heterocycles. The van der Waals surface area contributed by atoms with E-state index in [-0.39, 0.29) is 16.7 Å². The Labute approximate surface area is 100 Å². The number of nitrogens with two attached hydrogens (primary N) is 1. The SMILES string of the molecule is CS(=O)(=O)c1cc(C2COCCO2)ccc1N. The van der Waals surface area contributed by atoms with Crippen molar-refractivity contribution in [3.63, 3.8) is 0 Å². The van der Waals surface area contributed by atoms with Gasteiger partial charge in [-0.3, -0.25) is 0 Å². The van der Waals surface area contributed by atoms with Crippen molar-refractivity contribution in [1.29, 1.82) is 0 Å². The van der Waals surface area contributed by atoms with Crippen molar-refractivity contribution < 1.29 is 17.9 Å². The minimum atomic E-state index is -3.32. The van der Waals surface area contributed by atoms with Crippen molar-refractivity contribution in [2.45, 2.75) is 11.0 Å². The molecule has 0 bridgehead atoms. The monoisotopic (exact) mass is 257 g/mol. The Kier molecular flexibility index (Phi) is 3.37. The summed E-state index contributed by atoms with van der Waals surface area (Å²) in [4.78, 5) is 0.143. The van der Waals surface area contributed by atoms with Crippen LogP contribution in [0.15, 0.2) is 23.1 Å². The van der Waals surface area contributed by atoms with Crippen LogP contribution in [0.3, 0.4) is 0 Å². The molecule has 17 heavy (non-hydrogen) atoms. The zero-order valence-corrected chi connectivity index (χ0v) is 10.4. The first-order chi connectivity index (χ1) is 7.98. The Morgan fingerprint density at radius 1 is 1.35 bits per heavy atom. The second-order valence-electron chi connectivity index (χ2n) is 4.00. The molecule has 2 N–H and O–H groups in total. The van der Waals surface area contributed by atoms with Crippen LogP contribution in [0.5, 0.6) is 0 Å². The Balaban J connectivity index is 2.37. The van der Waals surface area contributed by atoms with E-state index in [2.05, 4.69) is 0 Å². The largest absolute Gasteiger partial charge is 0.398 e. The maximum Gasteiger partial charge on any atom is 0.177 e. The fourth-order valence-corrected chi connectivity index (χ4v) is 2.60. The van der Waals surface area contributed by atoms with Crippen molar-refractivity contribution in [2.24, 2.45) is 0 Å². The number of nitrogen functional groups attached to an aromatic ring is 1. The number of ether oxygens (including phenoxy) is 2. The van der Waals surface area contributed by atoms with Gasteiger partial charge in [-0.2, -0.15) is 0 Å². The fourth-order valence-electron chi connectivity index (χ4n) is 1.75. The smallest absolute Gasteiger partial charge is 0.177 e. The van der Waals surface area contributed by atoms with Gasteiger partial charge in [-0.15, -0.1) is 0 Å². The van der Waals surface area contributed by atoms with Gasteiger partial charge in [0.2, 0.25) is 0 Å². The van der Waals surface area contributed by atoms with Gasteiger partial charge in [0.15, 0.2) is 9.84 Å². The number of rotatable bonds is 2. The van der Waals surface area contributed by atoms with Crippen molar-refractivity contribution >= 4 is 15.5 Å². The molecule has 5 nitrogen and oxygen atoms in total. The Hall–Kier alpha value is -1.11. The second kappa shape index (κ2) is 4.64. The van der Waals surface area contributed by atoms with Gasteiger partial charge in [0.25, 0.3) is 0 Å². The van der Waals surface area contributed by atoms with Crippen LogP contribution in [0.1, 0.15) is 11.7 Å². The highest BCUT2D eigenvalue weighted by Crippen LogP contribution is 2.26. The zero-order valence-electron chi connectivity index (χ0n) is 9.55. The van der Waals surface area contributed by atoms with Crippen LogP contribution in [0.25, 0.3) is 0 Å². The molecule has 94 valence electrons. The van der Waals surface area contributed by atoms with Crippen LogP contribution in [-0.2, 0) is 19.3 Å². The summed E-state index contributed by atoms with van der Waals surface area (Å²) in [5.41, 5.74) is 6.69. The first kappa shape index (κ1) is 12.3. The molecule has 0 saturated carbocycles. The van der Waals surface area contributed by atoms with Gasteiger partial charge in [0.05, 0.1) is 30.4 Å². The van der Waals surface area contributed by atoms with Crippen LogP contribution in [0, 0.1) is 0 Å². The average Bonchev–Trinajstić information content (AvgIpc) is 2.29. The number of sulfone groups is 1. The lowest BCUT2D eigenvalue weighted by molar-refractivity contribution is -0.0902. The third-order valence-electron chi connectivity index (χ3n) is 2.62. The summed E-state index contributed by atoms with van der Waals surface area (Å²) in [6.45, 7) is 1.53. The molecule has 1 unspecified atom stereocenters. The molecule has 0 radical (unpaired) electrons. The topological polar surface area (TPSA) is 78.6 Å². The van der Waals surface area contributed by atoms with E-state index in [0.717, 1.165) is 11.8 Å². The van der Waals surface area contributed by atoms with E-state index >= 15 is 0 Å². The van der Waals surface area contributed by atoms with E-state index < -0.39 is 9.84 Å². The summed E-state index contributed by atoms with van der Waals surface area (Å²) in [5.74, 6) is 0. The zero-order chi connectivity index (χ0) is 12.5. The molecule has 0 aliphatic carbocycles. The predicted molar refractivity (Wildman–Crippen MR) is 63.5 cm³/mol. The molecular weight excluding hydrogens is 242 g/mol. The van der Waals surface area contributed by atoms with Crippen molar-refractivity contribution in [2.75, 3.05) is 31.8 Å². The maximum atomic E-state index is 11.5. The van der Waals surface area contributed by atoms with Crippen LogP contribution in [0.4, 0.5) is 5.69 Å². The molecule has 0 amide bonds. The molecule has 1 aromatic rings. The van der Waals surface area contributed by atoms with Crippen molar-refractivity contribution in [1.82, 2.24) is 0 Å². The quantitative estimate of drug-likeness (QED) is 0.791. The van der Waals surface area contributed by atoms with E-state index in [1.54, 1.807) is 18.2 Å². The van der Waals surface area contributed by atoms with Gasteiger partial charge in [-0.25, -0.2) is 8.42 Å². The van der Waals surface area contributed by atoms with E-state index in [1.165, 1.54) is 0 Å². The summed E-state index contributed by atoms with van der Waals surface area (Å²) in [6.07, 6.45) is 0.922. The van der Waals surface area contributed by atoms with E-state index in [1.807, 2.05) is 0 Å². The first-order valence-corrected chi connectivity index (χ1v) is 7.16. The normalized spacial score (nSPS) is 21.4. The summed E-state index contributed by atoms with van der Waals surface area (Å²) in [6, 6.07) is 4.91. The minimum absolute atomic E-state index is 0.143. The lowest BCUT2D eigenvalue weighted by Gasteiger charge is -2.23. The molecule has 1 aliphatic heterocycles. The molecule has 1 fully saturated rings. The highest BCUT2D eigenvalue weighted by atomic mass is 32.2. The Bertz CT molecular complexity index is 506. The Morgan fingerprint density at radius 2 is 2.12 bits per heavy atom. The molecule has 6 heteroatoms. The third-order valence-corrected chi connectivity index (χ3v) is 3.78. The second-order valence-corrected chi connectivity index (χ2v) is 5.99. The number of benzene rings is 1. The van der Waals surface area contributed by atoms with Crippen molar-refractivity contribution in [3.05, 3.63) is 23.8 Å². The van der Waals surface area contributed by atoms with Gasteiger partial charge in [0.1, 0.15) is 6.10 Å². The Morgan fingerprint density at radius 3 is 2.71 bits per heavy atom. The molecule has 1 heterocycles. The molecule has 1 atom stereocenters. The molecular formula is C11H15NO4S. The fraction of sp³-hybridized carbons (Fsp3) is 0.455. The lowest BCUT2D eigenvalue weighted by atomic mass is 10.1.